The minimum atomic E-state index is -0.578. The number of amides is 1. The molecule has 0 heterocycles. The van der Waals surface area contributed by atoms with E-state index in [0.717, 1.165) is 24.9 Å². The monoisotopic (exact) mass is 315 g/mol. The molecule has 1 aromatic carbocycles. The molecule has 0 bridgehead atoms. The number of unbranched alkanes of at least 4 members (excludes halogenated alkanes) is 1. The Morgan fingerprint density at radius 2 is 1.83 bits per heavy atom. The Balaban J connectivity index is 2.57. The van der Waals surface area contributed by atoms with Crippen molar-refractivity contribution in [3.63, 3.8) is 0 Å². The van der Waals surface area contributed by atoms with Crippen LogP contribution < -0.4 is 5.32 Å². The molecule has 0 radical (unpaired) electrons. The molecule has 23 heavy (non-hydrogen) atoms. The molecule has 0 aromatic heterocycles. The Morgan fingerprint density at radius 1 is 1.22 bits per heavy atom. The zero-order valence-electron chi connectivity index (χ0n) is 15.0. The van der Waals surface area contributed by atoms with Gasteiger partial charge >= 0.3 is 0 Å². The quantitative estimate of drug-likeness (QED) is 0.785. The third kappa shape index (κ3) is 6.83. The van der Waals surface area contributed by atoms with Gasteiger partial charge in [-0.3, -0.25) is 4.79 Å². The minimum Gasteiger partial charge on any atom is -0.337 e. The van der Waals surface area contributed by atoms with Gasteiger partial charge in [0, 0.05) is 6.42 Å². The lowest BCUT2D eigenvalue weighted by Crippen LogP contribution is -2.27. The maximum absolute atomic E-state index is 12.0. The second-order valence-corrected chi connectivity index (χ2v) is 7.26. The van der Waals surface area contributed by atoms with Gasteiger partial charge in [-0.25, -0.2) is 0 Å². The van der Waals surface area contributed by atoms with Gasteiger partial charge in [-0.05, 0) is 50.0 Å². The van der Waals surface area contributed by atoms with Gasteiger partial charge in [0.05, 0.1) is 6.07 Å². The van der Waals surface area contributed by atoms with Crippen LogP contribution in [0.4, 0.5) is 0 Å². The van der Waals surface area contributed by atoms with Crippen molar-refractivity contribution in [1.29, 1.82) is 5.26 Å². The van der Waals surface area contributed by atoms with Crippen molar-refractivity contribution in [3.05, 3.63) is 35.4 Å². The van der Waals surface area contributed by atoms with Crippen LogP contribution in [0.1, 0.15) is 57.2 Å². The van der Waals surface area contributed by atoms with Crippen molar-refractivity contribution in [2.75, 3.05) is 20.6 Å². The highest BCUT2D eigenvalue weighted by molar-refractivity contribution is 5.76. The van der Waals surface area contributed by atoms with E-state index in [9.17, 15) is 10.1 Å². The fourth-order valence-corrected chi connectivity index (χ4v) is 2.31. The molecule has 1 aromatic rings. The molecule has 0 saturated carbocycles. The third-order valence-electron chi connectivity index (χ3n) is 3.80. The SMILES string of the molecule is CN(C)CCCCC(=O)N[C@H](C#N)c1ccc(C(C)(C)C)cc1. The van der Waals surface area contributed by atoms with E-state index in [4.69, 9.17) is 0 Å². The number of benzene rings is 1. The number of hydrogen-bond donors (Lipinski definition) is 1. The van der Waals surface area contributed by atoms with Crippen molar-refractivity contribution in [1.82, 2.24) is 10.2 Å². The van der Waals surface area contributed by atoms with E-state index in [1.807, 2.05) is 38.4 Å². The molecule has 0 aliphatic rings. The number of rotatable bonds is 7. The van der Waals surface area contributed by atoms with Crippen LogP contribution in [-0.4, -0.2) is 31.4 Å². The number of nitrogens with one attached hydrogen (secondary N) is 1. The lowest BCUT2D eigenvalue weighted by Gasteiger charge is -2.20. The zero-order valence-corrected chi connectivity index (χ0v) is 15.0. The maximum Gasteiger partial charge on any atom is 0.221 e. The molecular weight excluding hydrogens is 286 g/mol. The summed E-state index contributed by atoms with van der Waals surface area (Å²) in [7, 11) is 4.04. The molecule has 0 fully saturated rings. The molecule has 4 nitrogen and oxygen atoms in total. The number of carbonyl (C=O) groups is 1. The van der Waals surface area contributed by atoms with E-state index in [1.54, 1.807) is 0 Å². The van der Waals surface area contributed by atoms with Crippen LogP contribution in [0.2, 0.25) is 0 Å². The van der Waals surface area contributed by atoms with Crippen LogP contribution in [0, 0.1) is 11.3 Å². The Hall–Kier alpha value is -1.86. The molecular formula is C19H29N3O. The smallest absolute Gasteiger partial charge is 0.221 e. The van der Waals surface area contributed by atoms with E-state index < -0.39 is 6.04 Å². The summed E-state index contributed by atoms with van der Waals surface area (Å²) in [5, 5.41) is 12.1. The lowest BCUT2D eigenvalue weighted by molar-refractivity contribution is -0.121. The Labute approximate surface area is 140 Å². The molecule has 0 saturated heterocycles. The maximum atomic E-state index is 12.0. The highest BCUT2D eigenvalue weighted by Crippen LogP contribution is 2.23. The summed E-state index contributed by atoms with van der Waals surface area (Å²) in [4.78, 5) is 14.1. The first-order chi connectivity index (χ1) is 10.7. The summed E-state index contributed by atoms with van der Waals surface area (Å²) in [6.45, 7) is 7.43. The first-order valence-corrected chi connectivity index (χ1v) is 8.18. The van der Waals surface area contributed by atoms with Gasteiger partial charge in [0.25, 0.3) is 0 Å². The van der Waals surface area contributed by atoms with Crippen LogP contribution in [-0.2, 0) is 10.2 Å². The Morgan fingerprint density at radius 3 is 2.30 bits per heavy atom. The molecule has 0 aliphatic carbocycles. The third-order valence-corrected chi connectivity index (χ3v) is 3.80. The number of nitriles is 1. The molecule has 1 N–H and O–H groups in total. The van der Waals surface area contributed by atoms with Gasteiger partial charge in [-0.2, -0.15) is 5.26 Å². The second-order valence-electron chi connectivity index (χ2n) is 7.26. The highest BCUT2D eigenvalue weighted by Gasteiger charge is 2.16. The summed E-state index contributed by atoms with van der Waals surface area (Å²) < 4.78 is 0. The van der Waals surface area contributed by atoms with E-state index >= 15 is 0 Å². The first kappa shape index (κ1) is 19.2. The summed E-state index contributed by atoms with van der Waals surface area (Å²) in [5.74, 6) is -0.0600. The van der Waals surface area contributed by atoms with Crippen LogP contribution in [0.5, 0.6) is 0 Å². The molecule has 1 atom stereocenters. The van der Waals surface area contributed by atoms with E-state index in [0.29, 0.717) is 6.42 Å². The van der Waals surface area contributed by atoms with E-state index in [-0.39, 0.29) is 11.3 Å². The van der Waals surface area contributed by atoms with Crippen LogP contribution in [0.15, 0.2) is 24.3 Å². The lowest BCUT2D eigenvalue weighted by atomic mass is 9.86. The summed E-state index contributed by atoms with van der Waals surface area (Å²) in [6.07, 6.45) is 2.29. The van der Waals surface area contributed by atoms with Gasteiger partial charge < -0.3 is 10.2 Å². The van der Waals surface area contributed by atoms with E-state index in [1.165, 1.54) is 5.56 Å². The minimum absolute atomic E-state index is 0.0600. The fraction of sp³-hybridized carbons (Fsp3) is 0.579. The average molecular weight is 315 g/mol. The average Bonchev–Trinajstić information content (AvgIpc) is 2.48. The highest BCUT2D eigenvalue weighted by atomic mass is 16.1. The largest absolute Gasteiger partial charge is 0.337 e. The number of hydrogen-bond acceptors (Lipinski definition) is 3. The van der Waals surface area contributed by atoms with Crippen molar-refractivity contribution in [3.8, 4) is 6.07 Å². The van der Waals surface area contributed by atoms with E-state index in [2.05, 4.69) is 37.1 Å². The molecule has 4 heteroatoms. The van der Waals surface area contributed by atoms with Gasteiger partial charge in [0.2, 0.25) is 5.91 Å². The Bertz CT molecular complexity index is 535. The molecule has 126 valence electrons. The predicted octanol–water partition coefficient (Wildman–Crippen LogP) is 3.40. The molecule has 0 spiro atoms. The molecule has 1 amide bonds. The van der Waals surface area contributed by atoms with Gasteiger partial charge in [-0.1, -0.05) is 45.0 Å². The molecule has 0 unspecified atom stereocenters. The molecule has 1 rings (SSSR count). The molecule has 0 aliphatic heterocycles. The fourth-order valence-electron chi connectivity index (χ4n) is 2.31. The van der Waals surface area contributed by atoms with Crippen LogP contribution >= 0.6 is 0 Å². The van der Waals surface area contributed by atoms with Crippen LogP contribution in [0.3, 0.4) is 0 Å². The second kappa shape index (κ2) is 8.69. The normalized spacial score (nSPS) is 12.7. The van der Waals surface area contributed by atoms with Crippen molar-refractivity contribution in [2.45, 2.75) is 51.5 Å². The summed E-state index contributed by atoms with van der Waals surface area (Å²) in [6, 6.07) is 9.52. The first-order valence-electron chi connectivity index (χ1n) is 8.18. The standard InChI is InChI=1S/C19H29N3O/c1-19(2,3)16-11-9-15(10-12-16)17(14-20)21-18(23)8-6-7-13-22(4)5/h9-12,17H,6-8,13H2,1-5H3,(H,21,23)/t17-/m1/s1. The van der Waals surface area contributed by atoms with Crippen LogP contribution in [0.25, 0.3) is 0 Å². The van der Waals surface area contributed by atoms with Crippen molar-refractivity contribution < 1.29 is 4.79 Å². The summed E-state index contributed by atoms with van der Waals surface area (Å²) in [5.41, 5.74) is 2.13. The number of carbonyl (C=O) groups excluding carboxylic acids is 1. The van der Waals surface area contributed by atoms with Crippen molar-refractivity contribution in [2.24, 2.45) is 0 Å². The Kier molecular flexibility index (Phi) is 7.25. The summed E-state index contributed by atoms with van der Waals surface area (Å²) >= 11 is 0. The van der Waals surface area contributed by atoms with Gasteiger partial charge in [0.15, 0.2) is 0 Å². The number of nitrogens with zero attached hydrogens (tertiary/aromatic N) is 2. The predicted molar refractivity (Wildman–Crippen MR) is 94.0 cm³/mol. The van der Waals surface area contributed by atoms with Crippen molar-refractivity contribution >= 4 is 5.91 Å². The zero-order chi connectivity index (χ0) is 17.5. The van der Waals surface area contributed by atoms with Gasteiger partial charge in [-0.15, -0.1) is 0 Å². The topological polar surface area (TPSA) is 56.1 Å². The van der Waals surface area contributed by atoms with Gasteiger partial charge in [0.1, 0.15) is 6.04 Å².